The molecule has 3 heterocycles. The Labute approximate surface area is 249 Å². The van der Waals surface area contributed by atoms with Crippen molar-refractivity contribution in [2.24, 2.45) is 0 Å². The Bertz CT molecular complexity index is 1060. The van der Waals surface area contributed by atoms with Gasteiger partial charge in [-0.15, -0.1) is 0 Å². The first-order valence-electron chi connectivity index (χ1n) is 15.3. The Kier molecular flexibility index (Phi) is 10.9. The number of carbonyl (C=O) groups excluding carboxylic acids is 2. The van der Waals surface area contributed by atoms with E-state index in [1.54, 1.807) is 7.11 Å². The summed E-state index contributed by atoms with van der Waals surface area (Å²) in [6.07, 6.45) is 2.79. The number of likely N-dealkylation sites (tertiary alicyclic amines) is 1. The predicted octanol–water partition coefficient (Wildman–Crippen LogP) is 3.11. The molecule has 3 saturated heterocycles. The fraction of sp³-hybridized carbons (Fsp3) is 0.710. The number of methoxy groups -OCH3 is 1. The van der Waals surface area contributed by atoms with Crippen LogP contribution in [0.4, 0.5) is 4.79 Å². The van der Waals surface area contributed by atoms with Gasteiger partial charge in [-0.1, -0.05) is 12.1 Å². The summed E-state index contributed by atoms with van der Waals surface area (Å²) in [5.74, 6) is -0.947. The van der Waals surface area contributed by atoms with Gasteiger partial charge in [0.2, 0.25) is 6.10 Å². The highest BCUT2D eigenvalue weighted by Crippen LogP contribution is 2.33. The van der Waals surface area contributed by atoms with Crippen LogP contribution >= 0.6 is 0 Å². The van der Waals surface area contributed by atoms with Gasteiger partial charge in [0.15, 0.2) is 5.78 Å². The largest absolute Gasteiger partial charge is 0.497 e. The number of rotatable bonds is 10. The second kappa shape index (κ2) is 14.2. The molecule has 1 amide bonds. The maximum atomic E-state index is 13.2. The normalized spacial score (nSPS) is 22.8. The molecular formula is C31H48N4O7. The molecule has 1 unspecified atom stereocenters. The fourth-order valence-electron chi connectivity index (χ4n) is 6.24. The van der Waals surface area contributed by atoms with Crippen LogP contribution in [0.15, 0.2) is 24.3 Å². The molecule has 11 heteroatoms. The summed E-state index contributed by atoms with van der Waals surface area (Å²) in [6, 6.07) is 7.42. The fourth-order valence-corrected chi connectivity index (χ4v) is 6.24. The molecule has 0 aromatic heterocycles. The Morgan fingerprint density at radius 2 is 1.69 bits per heavy atom. The molecule has 0 aliphatic carbocycles. The van der Waals surface area contributed by atoms with Gasteiger partial charge < -0.3 is 24.6 Å². The molecule has 11 nitrogen and oxygen atoms in total. The number of piperazine rings is 1. The molecule has 0 radical (unpaired) electrons. The molecule has 2 atom stereocenters. The zero-order valence-corrected chi connectivity index (χ0v) is 25.6. The van der Waals surface area contributed by atoms with Crippen LogP contribution in [0.1, 0.15) is 64.9 Å². The number of carboxylic acid groups (broad SMARTS) is 1. The minimum absolute atomic E-state index is 0.0214. The zero-order chi connectivity index (χ0) is 30.3. The third kappa shape index (κ3) is 8.21. The second-order valence-electron chi connectivity index (χ2n) is 12.5. The van der Waals surface area contributed by atoms with E-state index < -0.39 is 29.2 Å². The number of benzene rings is 1. The number of carbonyl (C=O) groups is 3. The van der Waals surface area contributed by atoms with Gasteiger partial charge in [-0.05, 0) is 77.2 Å². The van der Waals surface area contributed by atoms with Gasteiger partial charge in [-0.25, -0.2) is 9.59 Å². The number of hydrogen-bond donors (Lipinski definition) is 2. The van der Waals surface area contributed by atoms with E-state index in [1.165, 1.54) is 0 Å². The number of aliphatic carboxylic acids is 1. The Morgan fingerprint density at radius 3 is 2.29 bits per heavy atom. The highest BCUT2D eigenvalue weighted by atomic mass is 16.6. The number of nitrogens with one attached hydrogen (secondary N) is 1. The summed E-state index contributed by atoms with van der Waals surface area (Å²) < 4.78 is 17.3. The molecule has 3 fully saturated rings. The second-order valence-corrected chi connectivity index (χ2v) is 12.5. The van der Waals surface area contributed by atoms with Gasteiger partial charge in [0.25, 0.3) is 0 Å². The van der Waals surface area contributed by atoms with Crippen LogP contribution in [0.5, 0.6) is 5.75 Å². The molecular weight excluding hydrogens is 540 g/mol. The van der Waals surface area contributed by atoms with Crippen molar-refractivity contribution >= 4 is 17.8 Å². The van der Waals surface area contributed by atoms with Crippen LogP contribution in [-0.2, 0) is 25.5 Å². The average molecular weight is 589 g/mol. The summed E-state index contributed by atoms with van der Waals surface area (Å²) in [7, 11) is 1.60. The summed E-state index contributed by atoms with van der Waals surface area (Å²) in [6.45, 7) is 10.4. The lowest BCUT2D eigenvalue weighted by molar-refractivity contribution is -0.217. The van der Waals surface area contributed by atoms with Crippen molar-refractivity contribution < 1.29 is 33.7 Å². The van der Waals surface area contributed by atoms with Crippen molar-refractivity contribution in [3.8, 4) is 5.75 Å². The van der Waals surface area contributed by atoms with Gasteiger partial charge in [0.1, 0.15) is 17.1 Å². The van der Waals surface area contributed by atoms with Crippen molar-refractivity contribution in [3.05, 3.63) is 29.8 Å². The van der Waals surface area contributed by atoms with Crippen LogP contribution in [0.3, 0.4) is 0 Å². The van der Waals surface area contributed by atoms with E-state index in [4.69, 9.17) is 14.2 Å². The summed E-state index contributed by atoms with van der Waals surface area (Å²) in [4.78, 5) is 45.0. The van der Waals surface area contributed by atoms with E-state index in [0.29, 0.717) is 65.1 Å². The van der Waals surface area contributed by atoms with Crippen LogP contribution in [0, 0.1) is 0 Å². The number of carboxylic acids is 1. The topological polar surface area (TPSA) is 121 Å². The Balaban J connectivity index is 1.41. The van der Waals surface area contributed by atoms with Gasteiger partial charge in [0.05, 0.1) is 13.3 Å². The molecule has 1 aromatic carbocycles. The molecule has 42 heavy (non-hydrogen) atoms. The molecule has 0 bridgehead atoms. The number of hydrogen-bond acceptors (Lipinski definition) is 9. The standard InChI is InChI=1S/C31H48N4O7/c1-30(2,3)42-29(39)35-18-6-5-7-26(35)33-19-21-34(22-20-33)31(14-16-32-17-15-31)41-27(28(37)38)25(36)13-10-23-8-11-24(40-4)12-9-23/h8-9,11-12,26-27,32H,5-7,10,13-22H2,1-4H3,(H,37,38)/t26?,27-/m0/s1. The van der Waals surface area contributed by atoms with Crippen molar-refractivity contribution in [1.82, 2.24) is 20.0 Å². The van der Waals surface area contributed by atoms with E-state index in [0.717, 1.165) is 30.6 Å². The lowest BCUT2D eigenvalue weighted by atomic mass is 9.96. The van der Waals surface area contributed by atoms with E-state index in [-0.39, 0.29) is 18.7 Å². The van der Waals surface area contributed by atoms with Crippen LogP contribution in [-0.4, -0.2) is 114 Å². The minimum atomic E-state index is -1.53. The summed E-state index contributed by atoms with van der Waals surface area (Å²) in [5, 5.41) is 13.4. The zero-order valence-electron chi connectivity index (χ0n) is 25.6. The van der Waals surface area contributed by atoms with Gasteiger partial charge in [-0.3, -0.25) is 19.5 Å². The Morgan fingerprint density at radius 1 is 1.02 bits per heavy atom. The maximum Gasteiger partial charge on any atom is 0.411 e. The summed E-state index contributed by atoms with van der Waals surface area (Å²) >= 11 is 0. The molecule has 0 spiro atoms. The lowest BCUT2D eigenvalue weighted by Crippen LogP contribution is -2.66. The third-order valence-corrected chi connectivity index (χ3v) is 8.47. The quantitative estimate of drug-likeness (QED) is 0.395. The summed E-state index contributed by atoms with van der Waals surface area (Å²) in [5.41, 5.74) is -0.458. The predicted molar refractivity (Wildman–Crippen MR) is 157 cm³/mol. The first-order chi connectivity index (χ1) is 20.0. The van der Waals surface area contributed by atoms with Crippen molar-refractivity contribution in [2.75, 3.05) is 52.9 Å². The molecule has 1 aromatic rings. The number of nitrogens with zero attached hydrogens (tertiary/aromatic N) is 3. The maximum absolute atomic E-state index is 13.2. The van der Waals surface area contributed by atoms with Crippen LogP contribution in [0.2, 0.25) is 0 Å². The van der Waals surface area contributed by atoms with Crippen LogP contribution in [0.25, 0.3) is 0 Å². The number of aryl methyl sites for hydroxylation is 1. The van der Waals surface area contributed by atoms with Gasteiger partial charge in [0, 0.05) is 52.0 Å². The van der Waals surface area contributed by atoms with E-state index in [9.17, 15) is 19.5 Å². The molecule has 0 saturated carbocycles. The average Bonchev–Trinajstić information content (AvgIpc) is 2.98. The molecule has 3 aliphatic rings. The highest BCUT2D eigenvalue weighted by molar-refractivity contribution is 6.01. The van der Waals surface area contributed by atoms with E-state index in [1.807, 2.05) is 49.9 Å². The van der Waals surface area contributed by atoms with E-state index in [2.05, 4.69) is 15.1 Å². The number of ketones is 1. The van der Waals surface area contributed by atoms with Crippen LogP contribution < -0.4 is 10.1 Å². The number of Topliss-reactive ketones (excluding diaryl/α,β-unsaturated/α-hetero) is 1. The molecule has 2 N–H and O–H groups in total. The number of piperidine rings is 2. The van der Waals surface area contributed by atoms with Crippen molar-refractivity contribution in [2.45, 2.75) is 89.3 Å². The van der Waals surface area contributed by atoms with Crippen molar-refractivity contribution in [3.63, 3.8) is 0 Å². The molecule has 3 aliphatic heterocycles. The highest BCUT2D eigenvalue weighted by Gasteiger charge is 2.46. The monoisotopic (exact) mass is 588 g/mol. The molecule has 4 rings (SSSR count). The van der Waals surface area contributed by atoms with E-state index >= 15 is 0 Å². The van der Waals surface area contributed by atoms with Gasteiger partial charge >= 0.3 is 12.1 Å². The third-order valence-electron chi connectivity index (χ3n) is 8.47. The molecule has 234 valence electrons. The van der Waals surface area contributed by atoms with Gasteiger partial charge in [-0.2, -0.15) is 0 Å². The first kappa shape index (κ1) is 32.2. The van der Waals surface area contributed by atoms with Crippen molar-refractivity contribution in [1.29, 1.82) is 0 Å². The SMILES string of the molecule is COc1ccc(CCC(=O)[C@H](OC2(N3CCN(C4CCCCN4C(=O)OC(C)(C)C)CC3)CCNCC2)C(=O)O)cc1. The minimum Gasteiger partial charge on any atom is -0.497 e. The smallest absolute Gasteiger partial charge is 0.411 e. The lowest BCUT2D eigenvalue weighted by Gasteiger charge is -2.52. The Hall–Kier alpha value is -2.73. The first-order valence-corrected chi connectivity index (χ1v) is 15.3. The number of ether oxygens (including phenoxy) is 3. The number of amides is 1.